The molecule has 0 bridgehead atoms. The Kier molecular flexibility index (Phi) is 9.56. The van der Waals surface area contributed by atoms with E-state index in [9.17, 15) is 9.90 Å². The molecule has 0 radical (unpaired) electrons. The largest absolute Gasteiger partial charge is 0.379 e. The Morgan fingerprint density at radius 3 is 1.73 bits per heavy atom. The topological polar surface area (TPSA) is 143 Å². The van der Waals surface area contributed by atoms with Crippen LogP contribution in [0.2, 0.25) is 10.0 Å². The summed E-state index contributed by atoms with van der Waals surface area (Å²) < 4.78 is 0. The molecule has 0 saturated carbocycles. The highest BCUT2D eigenvalue weighted by molar-refractivity contribution is 6.39. The molecule has 4 saturated heterocycles. The molecule has 1 unspecified atom stereocenters. The first-order chi connectivity index (χ1) is 25.2. The molecular weight excluding hydrogens is 699 g/mol. The lowest BCUT2D eigenvalue weighted by molar-refractivity contribution is -0.120. The first kappa shape index (κ1) is 35.1. The van der Waals surface area contributed by atoms with Gasteiger partial charge in [0.05, 0.1) is 45.2 Å². The Morgan fingerprint density at radius 1 is 0.788 bits per heavy atom. The summed E-state index contributed by atoms with van der Waals surface area (Å²) in [6.07, 6.45) is 4.54. The van der Waals surface area contributed by atoms with E-state index in [1.807, 2.05) is 50.2 Å². The number of benzene rings is 2. The van der Waals surface area contributed by atoms with Crippen LogP contribution < -0.4 is 21.3 Å². The number of nitrogens with one attached hydrogen (secondary N) is 4. The van der Waals surface area contributed by atoms with Gasteiger partial charge in [0.1, 0.15) is 17.9 Å². The number of halogens is 2. The zero-order chi connectivity index (χ0) is 36.0. The van der Waals surface area contributed by atoms with Gasteiger partial charge in [-0.2, -0.15) is 0 Å². The van der Waals surface area contributed by atoms with Crippen molar-refractivity contribution in [3.05, 3.63) is 70.2 Å². The van der Waals surface area contributed by atoms with Gasteiger partial charge in [-0.05, 0) is 20.3 Å². The van der Waals surface area contributed by atoms with E-state index in [1.54, 1.807) is 12.4 Å². The average Bonchev–Trinajstić information content (AvgIpc) is 3.69. The van der Waals surface area contributed by atoms with Crippen molar-refractivity contribution in [2.24, 2.45) is 10.8 Å². The lowest BCUT2D eigenvalue weighted by Crippen LogP contribution is -2.56. The molecule has 12 nitrogen and oxygen atoms in total. The molecule has 2 aromatic carbocycles. The number of carbonyl (C=O) groups excluding carboxylic acids is 1. The van der Waals surface area contributed by atoms with Gasteiger partial charge >= 0.3 is 0 Å². The predicted octanol–water partition coefficient (Wildman–Crippen LogP) is 4.87. The van der Waals surface area contributed by atoms with Crippen molar-refractivity contribution in [2.75, 3.05) is 63.0 Å². The number of hydrogen-bond acceptors (Lipinski definition) is 11. The second kappa shape index (κ2) is 14.1. The molecule has 272 valence electrons. The third-order valence-electron chi connectivity index (χ3n) is 10.7. The van der Waals surface area contributed by atoms with Crippen molar-refractivity contribution in [3.8, 4) is 33.6 Å². The van der Waals surface area contributed by atoms with Crippen LogP contribution in [-0.2, 0) is 17.9 Å². The number of hydrogen-bond donors (Lipinski definition) is 5. The number of aliphatic hydroxyl groups is 1. The van der Waals surface area contributed by atoms with Gasteiger partial charge in [-0.3, -0.25) is 29.9 Å². The van der Waals surface area contributed by atoms with Crippen LogP contribution in [0.5, 0.6) is 0 Å². The van der Waals surface area contributed by atoms with Crippen LogP contribution in [0.3, 0.4) is 0 Å². The Hall–Kier alpha value is -3.91. The summed E-state index contributed by atoms with van der Waals surface area (Å²) in [5, 5.41) is 24.0. The zero-order valence-electron chi connectivity index (χ0n) is 29.5. The summed E-state index contributed by atoms with van der Waals surface area (Å²) in [6, 6.07) is 11.7. The Labute approximate surface area is 313 Å². The van der Waals surface area contributed by atoms with Crippen LogP contribution in [-0.4, -0.2) is 99.3 Å². The van der Waals surface area contributed by atoms with E-state index in [-0.39, 0.29) is 16.7 Å². The van der Waals surface area contributed by atoms with Crippen molar-refractivity contribution in [2.45, 2.75) is 46.0 Å². The first-order valence-electron chi connectivity index (χ1n) is 18.1. The lowest BCUT2D eigenvalue weighted by atomic mass is 9.79. The molecule has 2 spiro atoms. The van der Waals surface area contributed by atoms with Gasteiger partial charge in [-0.15, -0.1) is 0 Å². The van der Waals surface area contributed by atoms with Crippen molar-refractivity contribution >= 4 is 40.7 Å². The maximum absolute atomic E-state index is 11.8. The highest BCUT2D eigenvalue weighted by atomic mass is 35.5. The van der Waals surface area contributed by atoms with Crippen LogP contribution in [0.1, 0.15) is 38.1 Å². The van der Waals surface area contributed by atoms with Crippen molar-refractivity contribution in [1.82, 2.24) is 40.4 Å². The lowest BCUT2D eigenvalue weighted by Gasteiger charge is -2.47. The van der Waals surface area contributed by atoms with Crippen LogP contribution >= 0.6 is 23.2 Å². The SMILES string of the molecule is CCNc1nc(-c2cccc(-c3cccc(-c4cnc(CN5CC6(CNC(O)C6)C5)c(NCC)n4)c3Cl)c2Cl)cnc1CN1CC2(CNC(=O)C2)C1. The minimum absolute atomic E-state index is 0.0530. The minimum atomic E-state index is -0.411. The maximum atomic E-state index is 11.8. The molecule has 2 aromatic heterocycles. The third kappa shape index (κ3) is 6.72. The smallest absolute Gasteiger partial charge is 0.220 e. The molecule has 52 heavy (non-hydrogen) atoms. The molecule has 1 amide bonds. The fourth-order valence-electron chi connectivity index (χ4n) is 8.37. The number of amides is 1. The van der Waals surface area contributed by atoms with E-state index in [2.05, 4.69) is 31.1 Å². The Balaban J connectivity index is 1.03. The quantitative estimate of drug-likeness (QED) is 0.144. The standard InChI is InChI=1S/C38H44Cl2N10O2/c1-3-41-35-29(15-49-19-37(20-49)11-31(51)45-17-37)43-13-27(47-35)25-9-5-7-23(33(25)39)24-8-6-10-26(34(24)40)28-14-44-30(36(48-28)42-4-2)16-50-21-38(22-50)12-32(52)46-18-38/h5-10,13-14,31,45,51H,3-4,11-12,15-22H2,1-2H3,(H,41,47)(H,42,48)(H,46,52). The molecule has 4 aliphatic rings. The molecule has 4 aromatic rings. The van der Waals surface area contributed by atoms with Crippen LogP contribution in [0, 0.1) is 10.8 Å². The van der Waals surface area contributed by atoms with E-state index in [0.29, 0.717) is 54.0 Å². The predicted molar refractivity (Wildman–Crippen MR) is 204 cm³/mol. The fourth-order valence-corrected chi connectivity index (χ4v) is 9.02. The molecule has 14 heteroatoms. The van der Waals surface area contributed by atoms with Gasteiger partial charge < -0.3 is 21.1 Å². The fraction of sp³-hybridized carbons (Fsp3) is 0.447. The Morgan fingerprint density at radius 2 is 1.29 bits per heavy atom. The summed E-state index contributed by atoms with van der Waals surface area (Å²) in [5.41, 5.74) is 6.36. The summed E-state index contributed by atoms with van der Waals surface area (Å²) in [5.74, 6) is 1.61. The van der Waals surface area contributed by atoms with E-state index in [1.165, 1.54) is 0 Å². The molecule has 5 N–H and O–H groups in total. The third-order valence-corrected chi connectivity index (χ3v) is 11.6. The second-order valence-electron chi connectivity index (χ2n) is 14.8. The number of nitrogens with zero attached hydrogens (tertiary/aromatic N) is 6. The maximum Gasteiger partial charge on any atom is 0.220 e. The number of likely N-dealkylation sites (tertiary alicyclic amines) is 2. The normalized spacial score (nSPS) is 20.6. The highest BCUT2D eigenvalue weighted by Gasteiger charge is 2.49. The first-order valence-corrected chi connectivity index (χ1v) is 18.8. The van der Waals surface area contributed by atoms with Crippen LogP contribution in [0.25, 0.3) is 33.6 Å². The summed E-state index contributed by atoms with van der Waals surface area (Å²) in [7, 11) is 0. The summed E-state index contributed by atoms with van der Waals surface area (Å²) in [4.78, 5) is 36.2. The number of carbonyl (C=O) groups is 1. The van der Waals surface area contributed by atoms with Gasteiger partial charge in [0, 0.05) is 105 Å². The molecule has 0 aliphatic carbocycles. The van der Waals surface area contributed by atoms with Gasteiger partial charge in [0.25, 0.3) is 0 Å². The van der Waals surface area contributed by atoms with Gasteiger partial charge in [-0.1, -0.05) is 59.6 Å². The zero-order valence-corrected chi connectivity index (χ0v) is 31.0. The Bertz CT molecular complexity index is 2000. The molecule has 1 atom stereocenters. The van der Waals surface area contributed by atoms with Gasteiger partial charge in [-0.25, -0.2) is 9.97 Å². The highest BCUT2D eigenvalue weighted by Crippen LogP contribution is 2.43. The minimum Gasteiger partial charge on any atom is -0.379 e. The van der Waals surface area contributed by atoms with Crippen molar-refractivity contribution in [1.29, 1.82) is 0 Å². The summed E-state index contributed by atoms with van der Waals surface area (Å²) >= 11 is 14.3. The number of rotatable bonds is 11. The molecule has 4 aliphatic heterocycles. The molecule has 8 rings (SSSR count). The van der Waals surface area contributed by atoms with E-state index >= 15 is 0 Å². The molecule has 6 heterocycles. The van der Waals surface area contributed by atoms with Crippen LogP contribution in [0.15, 0.2) is 48.8 Å². The van der Waals surface area contributed by atoms with E-state index in [4.69, 9.17) is 43.1 Å². The second-order valence-corrected chi connectivity index (χ2v) is 15.6. The van der Waals surface area contributed by atoms with E-state index in [0.717, 1.165) is 91.0 Å². The monoisotopic (exact) mass is 742 g/mol. The average molecular weight is 744 g/mol. The van der Waals surface area contributed by atoms with Crippen LogP contribution in [0.4, 0.5) is 11.6 Å². The number of aromatic nitrogens is 4. The number of aliphatic hydroxyl groups excluding tert-OH is 1. The van der Waals surface area contributed by atoms with Crippen molar-refractivity contribution in [3.63, 3.8) is 0 Å². The molecular formula is C38H44Cl2N10O2. The summed E-state index contributed by atoms with van der Waals surface area (Å²) in [6.45, 7) is 12.0. The van der Waals surface area contributed by atoms with Crippen molar-refractivity contribution < 1.29 is 9.90 Å². The van der Waals surface area contributed by atoms with Gasteiger partial charge in [0.2, 0.25) is 5.91 Å². The van der Waals surface area contributed by atoms with E-state index < -0.39 is 6.23 Å². The van der Waals surface area contributed by atoms with Gasteiger partial charge in [0.15, 0.2) is 0 Å². The molecule has 4 fully saturated rings. The number of anilines is 2.